The molecule has 7 heteroatoms. The second-order valence-corrected chi connectivity index (χ2v) is 6.06. The van der Waals surface area contributed by atoms with E-state index in [-0.39, 0.29) is 13.6 Å². The SMILES string of the molecule is CCCC(OCC)=C(COCOCOCC(OCC)=C(CCC)OCC)OCC. The molecule has 0 bridgehead atoms. The molecule has 0 spiro atoms. The fraction of sp³-hybridized carbons (Fsp3) is 0.818. The molecule has 0 amide bonds. The lowest BCUT2D eigenvalue weighted by Crippen LogP contribution is -2.13. The average molecular weight is 419 g/mol. The number of rotatable bonds is 20. The van der Waals surface area contributed by atoms with Gasteiger partial charge in [-0.15, -0.1) is 0 Å². The molecule has 0 saturated carbocycles. The summed E-state index contributed by atoms with van der Waals surface area (Å²) in [4.78, 5) is 0. The van der Waals surface area contributed by atoms with Gasteiger partial charge in [0.05, 0.1) is 26.4 Å². The number of hydrogen-bond donors (Lipinski definition) is 0. The molecule has 172 valence electrons. The highest BCUT2D eigenvalue weighted by molar-refractivity contribution is 5.03. The Morgan fingerprint density at radius 1 is 0.448 bits per heavy atom. The summed E-state index contributed by atoms with van der Waals surface area (Å²) in [5, 5.41) is 0. The summed E-state index contributed by atoms with van der Waals surface area (Å²) in [6.07, 6.45) is 3.60. The summed E-state index contributed by atoms with van der Waals surface area (Å²) in [5.41, 5.74) is 0. The molecule has 29 heavy (non-hydrogen) atoms. The van der Waals surface area contributed by atoms with E-state index in [2.05, 4.69) is 13.8 Å². The highest BCUT2D eigenvalue weighted by Crippen LogP contribution is 2.16. The molecule has 0 aromatic carbocycles. The highest BCUT2D eigenvalue weighted by Gasteiger charge is 2.11. The predicted molar refractivity (Wildman–Crippen MR) is 113 cm³/mol. The van der Waals surface area contributed by atoms with Crippen molar-refractivity contribution in [2.45, 2.75) is 67.2 Å². The zero-order valence-electron chi connectivity index (χ0n) is 19.3. The Morgan fingerprint density at radius 2 is 0.793 bits per heavy atom. The number of allylic oxidation sites excluding steroid dienone is 2. The summed E-state index contributed by atoms with van der Waals surface area (Å²) in [7, 11) is 0. The molecule has 0 N–H and O–H groups in total. The molecule has 0 atom stereocenters. The minimum atomic E-state index is 0.100. The molecule has 0 saturated heterocycles. The smallest absolute Gasteiger partial charge is 0.159 e. The lowest BCUT2D eigenvalue weighted by atomic mass is 10.2. The van der Waals surface area contributed by atoms with E-state index in [1.165, 1.54) is 0 Å². The van der Waals surface area contributed by atoms with Crippen LogP contribution in [0.15, 0.2) is 23.0 Å². The molecule has 0 aromatic rings. The molecule has 0 aliphatic heterocycles. The number of hydrogen-bond acceptors (Lipinski definition) is 7. The van der Waals surface area contributed by atoms with Crippen molar-refractivity contribution in [2.75, 3.05) is 53.2 Å². The van der Waals surface area contributed by atoms with Crippen molar-refractivity contribution in [1.82, 2.24) is 0 Å². The van der Waals surface area contributed by atoms with Gasteiger partial charge < -0.3 is 33.2 Å². The van der Waals surface area contributed by atoms with Crippen LogP contribution in [0, 0.1) is 0 Å². The first kappa shape index (κ1) is 27.6. The first-order valence-corrected chi connectivity index (χ1v) is 10.9. The second kappa shape index (κ2) is 19.9. The lowest BCUT2D eigenvalue weighted by molar-refractivity contribution is -0.131. The van der Waals surface area contributed by atoms with Crippen molar-refractivity contribution in [2.24, 2.45) is 0 Å². The third kappa shape index (κ3) is 13.4. The predicted octanol–water partition coefficient (Wildman–Crippen LogP) is 5.12. The Bertz CT molecular complexity index is 390. The van der Waals surface area contributed by atoms with Crippen molar-refractivity contribution >= 4 is 0 Å². The topological polar surface area (TPSA) is 64.6 Å². The maximum absolute atomic E-state index is 5.68. The zero-order valence-corrected chi connectivity index (χ0v) is 19.3. The molecule has 7 nitrogen and oxygen atoms in total. The van der Waals surface area contributed by atoms with Gasteiger partial charge in [0.2, 0.25) is 0 Å². The van der Waals surface area contributed by atoms with Crippen LogP contribution < -0.4 is 0 Å². The monoisotopic (exact) mass is 418 g/mol. The van der Waals surface area contributed by atoms with E-state index >= 15 is 0 Å². The van der Waals surface area contributed by atoms with Crippen molar-refractivity contribution < 1.29 is 33.2 Å². The minimum absolute atomic E-state index is 0.100. The minimum Gasteiger partial charge on any atom is -0.495 e. The molecule has 0 heterocycles. The summed E-state index contributed by atoms with van der Waals surface area (Å²) in [6, 6.07) is 0. The summed E-state index contributed by atoms with van der Waals surface area (Å²) < 4.78 is 39.3. The molecule has 0 radical (unpaired) electrons. The molecule has 0 aliphatic rings. The van der Waals surface area contributed by atoms with E-state index < -0.39 is 0 Å². The van der Waals surface area contributed by atoms with Gasteiger partial charge in [-0.3, -0.25) is 0 Å². The van der Waals surface area contributed by atoms with Crippen LogP contribution in [0.3, 0.4) is 0 Å². The first-order valence-electron chi connectivity index (χ1n) is 10.9. The van der Waals surface area contributed by atoms with Crippen molar-refractivity contribution in [3.05, 3.63) is 23.0 Å². The van der Waals surface area contributed by atoms with E-state index in [9.17, 15) is 0 Å². The van der Waals surface area contributed by atoms with Crippen LogP contribution >= 0.6 is 0 Å². The Morgan fingerprint density at radius 3 is 1.10 bits per heavy atom. The zero-order chi connectivity index (χ0) is 21.7. The fourth-order valence-corrected chi connectivity index (χ4v) is 2.56. The van der Waals surface area contributed by atoms with Gasteiger partial charge in [0.25, 0.3) is 0 Å². The number of ether oxygens (including phenoxy) is 7. The van der Waals surface area contributed by atoms with Crippen LogP contribution in [0.2, 0.25) is 0 Å². The third-order valence-corrected chi connectivity index (χ3v) is 3.65. The van der Waals surface area contributed by atoms with Crippen LogP contribution in [0.4, 0.5) is 0 Å². The Hall–Kier alpha value is -1.44. The van der Waals surface area contributed by atoms with E-state index in [1.807, 2.05) is 27.7 Å². The normalized spacial score (nSPS) is 12.9. The molecule has 0 unspecified atom stereocenters. The van der Waals surface area contributed by atoms with E-state index in [0.29, 0.717) is 39.6 Å². The van der Waals surface area contributed by atoms with Gasteiger partial charge in [-0.25, -0.2) is 0 Å². The fourth-order valence-electron chi connectivity index (χ4n) is 2.56. The van der Waals surface area contributed by atoms with Crippen molar-refractivity contribution in [3.8, 4) is 0 Å². The Balaban J connectivity index is 4.40. The Labute approximate surface area is 177 Å². The lowest BCUT2D eigenvalue weighted by Gasteiger charge is -2.17. The standard InChI is InChI=1S/C22H42O7/c1-7-13-19(26-9-3)21(28-11-5)15-23-17-25-18-24-16-22(29-12-6)20(14-8-2)27-10-4/h7-18H2,1-6H3. The molecule has 0 fully saturated rings. The molecule has 0 aromatic heterocycles. The highest BCUT2D eigenvalue weighted by atomic mass is 16.7. The van der Waals surface area contributed by atoms with Gasteiger partial charge in [0, 0.05) is 12.8 Å². The van der Waals surface area contributed by atoms with E-state index in [1.54, 1.807) is 0 Å². The largest absolute Gasteiger partial charge is 0.495 e. The summed E-state index contributed by atoms with van der Waals surface area (Å²) in [6.45, 7) is 15.2. The van der Waals surface area contributed by atoms with Crippen LogP contribution in [0.1, 0.15) is 67.2 Å². The molecular formula is C22H42O7. The van der Waals surface area contributed by atoms with Crippen LogP contribution in [-0.4, -0.2) is 53.2 Å². The van der Waals surface area contributed by atoms with Crippen LogP contribution in [0.25, 0.3) is 0 Å². The van der Waals surface area contributed by atoms with Crippen LogP contribution in [-0.2, 0) is 33.2 Å². The summed E-state index contributed by atoms with van der Waals surface area (Å²) >= 11 is 0. The summed E-state index contributed by atoms with van der Waals surface area (Å²) in [5.74, 6) is 3.14. The van der Waals surface area contributed by atoms with E-state index in [0.717, 1.165) is 48.7 Å². The maximum atomic E-state index is 5.68. The van der Waals surface area contributed by atoms with E-state index in [4.69, 9.17) is 33.2 Å². The van der Waals surface area contributed by atoms with Gasteiger partial charge in [0.1, 0.15) is 38.3 Å². The van der Waals surface area contributed by atoms with Gasteiger partial charge in [0.15, 0.2) is 11.5 Å². The second-order valence-electron chi connectivity index (χ2n) is 6.06. The van der Waals surface area contributed by atoms with Crippen molar-refractivity contribution in [1.29, 1.82) is 0 Å². The van der Waals surface area contributed by atoms with Gasteiger partial charge in [-0.2, -0.15) is 0 Å². The Kier molecular flexibility index (Phi) is 18.9. The van der Waals surface area contributed by atoms with Gasteiger partial charge in [-0.1, -0.05) is 13.8 Å². The third-order valence-electron chi connectivity index (χ3n) is 3.65. The van der Waals surface area contributed by atoms with Crippen LogP contribution in [0.5, 0.6) is 0 Å². The average Bonchev–Trinajstić information content (AvgIpc) is 2.71. The maximum Gasteiger partial charge on any atom is 0.159 e. The first-order chi connectivity index (χ1) is 14.2. The quantitative estimate of drug-likeness (QED) is 0.154. The molecular weight excluding hydrogens is 376 g/mol. The molecule has 0 aliphatic carbocycles. The van der Waals surface area contributed by atoms with Gasteiger partial charge in [-0.05, 0) is 40.5 Å². The molecule has 0 rings (SSSR count). The van der Waals surface area contributed by atoms with Gasteiger partial charge >= 0.3 is 0 Å². The van der Waals surface area contributed by atoms with Crippen molar-refractivity contribution in [3.63, 3.8) is 0 Å².